The molecule has 0 radical (unpaired) electrons. The molecule has 1 amide bonds. The molecule has 5 nitrogen and oxygen atoms in total. The maximum absolute atomic E-state index is 12.6. The second-order valence-electron chi connectivity index (χ2n) is 5.08. The molecule has 2 aromatic rings. The number of benzene rings is 2. The van der Waals surface area contributed by atoms with Crippen molar-refractivity contribution in [2.45, 2.75) is 12.5 Å². The standard InChI is InChI=1S/C18H21NO4/c1-22-15-9-6-10-16(23-2)17(15)18(21)19-14(12-20)11-13-7-4-3-5-8-13/h3-10,14,20H,11-12H2,1-2H3,(H,19,21). The Morgan fingerprint density at radius 1 is 1.04 bits per heavy atom. The second-order valence-corrected chi connectivity index (χ2v) is 5.08. The maximum Gasteiger partial charge on any atom is 0.259 e. The first-order chi connectivity index (χ1) is 11.2. The molecule has 2 aromatic carbocycles. The Morgan fingerprint density at radius 3 is 2.17 bits per heavy atom. The summed E-state index contributed by atoms with van der Waals surface area (Å²) >= 11 is 0. The molecule has 2 N–H and O–H groups in total. The van der Waals surface area contributed by atoms with Crippen LogP contribution in [-0.4, -0.2) is 37.9 Å². The Balaban J connectivity index is 2.17. The molecule has 0 heterocycles. The average Bonchev–Trinajstić information content (AvgIpc) is 2.61. The maximum atomic E-state index is 12.6. The summed E-state index contributed by atoms with van der Waals surface area (Å²) in [5.41, 5.74) is 1.36. The van der Waals surface area contributed by atoms with Crippen LogP contribution in [0.3, 0.4) is 0 Å². The van der Waals surface area contributed by atoms with E-state index in [0.717, 1.165) is 5.56 Å². The monoisotopic (exact) mass is 315 g/mol. The molecule has 0 aliphatic carbocycles. The van der Waals surface area contributed by atoms with Crippen LogP contribution in [0.1, 0.15) is 15.9 Å². The van der Waals surface area contributed by atoms with Gasteiger partial charge < -0.3 is 19.9 Å². The molecule has 0 fully saturated rings. The molecular weight excluding hydrogens is 294 g/mol. The number of carbonyl (C=O) groups is 1. The van der Waals surface area contributed by atoms with Gasteiger partial charge in [-0.1, -0.05) is 36.4 Å². The third-order valence-corrected chi connectivity index (χ3v) is 3.54. The first-order valence-corrected chi connectivity index (χ1v) is 7.36. The quantitative estimate of drug-likeness (QED) is 0.820. The number of aliphatic hydroxyl groups is 1. The molecule has 0 saturated heterocycles. The Morgan fingerprint density at radius 2 is 1.65 bits per heavy atom. The van der Waals surface area contributed by atoms with Gasteiger partial charge in [0.1, 0.15) is 17.1 Å². The predicted octanol–water partition coefficient (Wildman–Crippen LogP) is 2.04. The van der Waals surface area contributed by atoms with Gasteiger partial charge in [0, 0.05) is 0 Å². The molecule has 0 saturated carbocycles. The van der Waals surface area contributed by atoms with Gasteiger partial charge in [0.05, 0.1) is 26.9 Å². The number of amides is 1. The third kappa shape index (κ3) is 4.23. The summed E-state index contributed by atoms with van der Waals surface area (Å²) in [7, 11) is 3.00. The highest BCUT2D eigenvalue weighted by atomic mass is 16.5. The van der Waals surface area contributed by atoms with E-state index in [9.17, 15) is 9.90 Å². The van der Waals surface area contributed by atoms with Gasteiger partial charge in [0.2, 0.25) is 0 Å². The van der Waals surface area contributed by atoms with E-state index in [1.807, 2.05) is 30.3 Å². The first-order valence-electron chi connectivity index (χ1n) is 7.36. The largest absolute Gasteiger partial charge is 0.496 e. The fourth-order valence-corrected chi connectivity index (χ4v) is 2.39. The fraction of sp³-hybridized carbons (Fsp3) is 0.278. The molecule has 2 rings (SSSR count). The summed E-state index contributed by atoms with van der Waals surface area (Å²) in [6.45, 7) is -0.155. The van der Waals surface area contributed by atoms with Crippen LogP contribution in [-0.2, 0) is 6.42 Å². The SMILES string of the molecule is COc1cccc(OC)c1C(=O)NC(CO)Cc1ccccc1. The molecule has 0 aromatic heterocycles. The van der Waals surface area contributed by atoms with E-state index in [4.69, 9.17) is 9.47 Å². The molecule has 0 aliphatic rings. The van der Waals surface area contributed by atoms with E-state index >= 15 is 0 Å². The summed E-state index contributed by atoms with van der Waals surface area (Å²) in [5, 5.41) is 12.4. The van der Waals surface area contributed by atoms with Crippen molar-refractivity contribution < 1.29 is 19.4 Å². The van der Waals surface area contributed by atoms with E-state index in [-0.39, 0.29) is 18.6 Å². The number of carbonyl (C=O) groups excluding carboxylic acids is 1. The molecule has 0 bridgehead atoms. The molecular formula is C18H21NO4. The zero-order chi connectivity index (χ0) is 16.7. The smallest absolute Gasteiger partial charge is 0.259 e. The van der Waals surface area contributed by atoms with Gasteiger partial charge in [-0.2, -0.15) is 0 Å². The topological polar surface area (TPSA) is 67.8 Å². The fourth-order valence-electron chi connectivity index (χ4n) is 2.39. The van der Waals surface area contributed by atoms with Crippen molar-refractivity contribution in [2.75, 3.05) is 20.8 Å². The minimum atomic E-state index is -0.389. The third-order valence-electron chi connectivity index (χ3n) is 3.54. The van der Waals surface area contributed by atoms with Crippen LogP contribution in [0.5, 0.6) is 11.5 Å². The van der Waals surface area contributed by atoms with E-state index in [2.05, 4.69) is 5.32 Å². The van der Waals surface area contributed by atoms with Crippen molar-refractivity contribution in [3.8, 4) is 11.5 Å². The lowest BCUT2D eigenvalue weighted by molar-refractivity contribution is 0.0910. The number of hydrogen-bond acceptors (Lipinski definition) is 4. The Hall–Kier alpha value is -2.53. The van der Waals surface area contributed by atoms with Gasteiger partial charge >= 0.3 is 0 Å². The average molecular weight is 315 g/mol. The van der Waals surface area contributed by atoms with Crippen molar-refractivity contribution >= 4 is 5.91 Å². The molecule has 122 valence electrons. The van der Waals surface area contributed by atoms with Crippen LogP contribution in [0.15, 0.2) is 48.5 Å². The van der Waals surface area contributed by atoms with Gasteiger partial charge in [-0.3, -0.25) is 4.79 Å². The van der Waals surface area contributed by atoms with E-state index < -0.39 is 0 Å². The number of rotatable bonds is 7. The zero-order valence-electron chi connectivity index (χ0n) is 13.3. The number of ether oxygens (including phenoxy) is 2. The molecule has 0 spiro atoms. The molecule has 23 heavy (non-hydrogen) atoms. The highest BCUT2D eigenvalue weighted by Crippen LogP contribution is 2.28. The number of methoxy groups -OCH3 is 2. The summed E-state index contributed by atoms with van der Waals surface area (Å²) in [6.07, 6.45) is 0.542. The Kier molecular flexibility index (Phi) is 6.00. The van der Waals surface area contributed by atoms with Crippen LogP contribution >= 0.6 is 0 Å². The first kappa shape index (κ1) is 16.8. The molecule has 5 heteroatoms. The van der Waals surface area contributed by atoms with Crippen LogP contribution in [0.25, 0.3) is 0 Å². The summed E-state index contributed by atoms with van der Waals surface area (Å²) in [6, 6.07) is 14.4. The van der Waals surface area contributed by atoms with E-state index in [1.165, 1.54) is 14.2 Å². The minimum Gasteiger partial charge on any atom is -0.496 e. The van der Waals surface area contributed by atoms with Crippen molar-refractivity contribution in [2.24, 2.45) is 0 Å². The van der Waals surface area contributed by atoms with Gasteiger partial charge in [0.15, 0.2) is 0 Å². The van der Waals surface area contributed by atoms with E-state index in [0.29, 0.717) is 23.5 Å². The lowest BCUT2D eigenvalue weighted by Crippen LogP contribution is -2.39. The van der Waals surface area contributed by atoms with Crippen molar-refractivity contribution in [3.05, 3.63) is 59.7 Å². The lowest BCUT2D eigenvalue weighted by atomic mass is 10.1. The van der Waals surface area contributed by atoms with Crippen LogP contribution in [0.2, 0.25) is 0 Å². The molecule has 1 atom stereocenters. The highest BCUT2D eigenvalue weighted by Gasteiger charge is 2.21. The van der Waals surface area contributed by atoms with Crippen LogP contribution in [0, 0.1) is 0 Å². The van der Waals surface area contributed by atoms with Crippen LogP contribution in [0.4, 0.5) is 0 Å². The van der Waals surface area contributed by atoms with Gasteiger partial charge in [-0.05, 0) is 24.1 Å². The Bertz CT molecular complexity index is 620. The molecule has 0 aliphatic heterocycles. The van der Waals surface area contributed by atoms with Crippen molar-refractivity contribution in [1.82, 2.24) is 5.32 Å². The van der Waals surface area contributed by atoms with Gasteiger partial charge in [-0.25, -0.2) is 0 Å². The summed E-state index contributed by atoms with van der Waals surface area (Å²) < 4.78 is 10.5. The van der Waals surface area contributed by atoms with E-state index in [1.54, 1.807) is 18.2 Å². The summed E-state index contributed by atoms with van der Waals surface area (Å²) in [5.74, 6) is 0.519. The van der Waals surface area contributed by atoms with Crippen molar-refractivity contribution in [1.29, 1.82) is 0 Å². The number of nitrogens with one attached hydrogen (secondary N) is 1. The van der Waals surface area contributed by atoms with Crippen LogP contribution < -0.4 is 14.8 Å². The molecule has 1 unspecified atom stereocenters. The minimum absolute atomic E-state index is 0.155. The summed E-state index contributed by atoms with van der Waals surface area (Å²) in [4.78, 5) is 12.6. The number of aliphatic hydroxyl groups excluding tert-OH is 1. The predicted molar refractivity (Wildman–Crippen MR) is 88.0 cm³/mol. The van der Waals surface area contributed by atoms with Crippen molar-refractivity contribution in [3.63, 3.8) is 0 Å². The zero-order valence-corrected chi connectivity index (χ0v) is 13.3. The lowest BCUT2D eigenvalue weighted by Gasteiger charge is -2.18. The Labute approximate surface area is 135 Å². The second kappa shape index (κ2) is 8.19. The highest BCUT2D eigenvalue weighted by molar-refractivity contribution is 5.99. The number of hydrogen-bond donors (Lipinski definition) is 2. The van der Waals surface area contributed by atoms with Gasteiger partial charge in [-0.15, -0.1) is 0 Å². The van der Waals surface area contributed by atoms with Gasteiger partial charge in [0.25, 0.3) is 5.91 Å². The normalized spacial score (nSPS) is 11.6.